The van der Waals surface area contributed by atoms with Crippen LogP contribution < -0.4 is 5.32 Å². The first-order valence-electron chi connectivity index (χ1n) is 6.55. The first-order valence-corrected chi connectivity index (χ1v) is 8.00. The molecule has 1 amide bonds. The van der Waals surface area contributed by atoms with Gasteiger partial charge < -0.3 is 10.1 Å². The Kier molecular flexibility index (Phi) is 5.79. The van der Waals surface area contributed by atoms with E-state index in [1.54, 1.807) is 49.4 Å². The number of anilines is 1. The summed E-state index contributed by atoms with van der Waals surface area (Å²) < 4.78 is 5.67. The zero-order valence-electron chi connectivity index (χ0n) is 11.7. The van der Waals surface area contributed by atoms with Gasteiger partial charge in [-0.1, -0.05) is 11.6 Å². The van der Waals surface area contributed by atoms with E-state index in [9.17, 15) is 9.59 Å². The third-order valence-electron chi connectivity index (χ3n) is 2.83. The van der Waals surface area contributed by atoms with E-state index in [0.29, 0.717) is 28.4 Å². The predicted molar refractivity (Wildman–Crippen MR) is 94.5 cm³/mol. The zero-order valence-corrected chi connectivity index (χ0v) is 14.6. The van der Waals surface area contributed by atoms with Crippen LogP contribution >= 0.6 is 34.2 Å². The van der Waals surface area contributed by atoms with Gasteiger partial charge in [-0.3, -0.25) is 4.79 Å². The van der Waals surface area contributed by atoms with Crippen LogP contribution in [-0.2, 0) is 4.74 Å². The normalized spacial score (nSPS) is 10.1. The molecule has 0 fully saturated rings. The SMILES string of the molecule is CCOC(=O)c1ccc(NC(=O)c2ccc(Cl)cc2I)cc1. The van der Waals surface area contributed by atoms with Gasteiger partial charge in [0.2, 0.25) is 0 Å². The fourth-order valence-electron chi connectivity index (χ4n) is 1.78. The molecule has 4 nitrogen and oxygen atoms in total. The summed E-state index contributed by atoms with van der Waals surface area (Å²) in [5.41, 5.74) is 1.59. The first-order chi connectivity index (χ1) is 10.5. The molecule has 0 atom stereocenters. The van der Waals surface area contributed by atoms with Gasteiger partial charge in [0, 0.05) is 14.3 Å². The monoisotopic (exact) mass is 429 g/mol. The van der Waals surface area contributed by atoms with Crippen LogP contribution in [0.2, 0.25) is 5.02 Å². The quantitative estimate of drug-likeness (QED) is 0.580. The molecular formula is C16H13ClINO3. The number of carbonyl (C=O) groups excluding carboxylic acids is 2. The number of rotatable bonds is 4. The lowest BCUT2D eigenvalue weighted by Gasteiger charge is -2.08. The number of ether oxygens (including phenoxy) is 1. The zero-order chi connectivity index (χ0) is 16.1. The molecular weight excluding hydrogens is 417 g/mol. The van der Waals surface area contributed by atoms with Gasteiger partial charge in [-0.05, 0) is 72.0 Å². The molecule has 0 aromatic heterocycles. The number of benzene rings is 2. The summed E-state index contributed by atoms with van der Waals surface area (Å²) in [5.74, 6) is -0.613. The summed E-state index contributed by atoms with van der Waals surface area (Å²) in [5, 5.41) is 3.36. The van der Waals surface area contributed by atoms with E-state index in [1.807, 2.05) is 0 Å². The largest absolute Gasteiger partial charge is 0.462 e. The lowest BCUT2D eigenvalue weighted by molar-refractivity contribution is 0.0526. The second-order valence-corrected chi connectivity index (χ2v) is 5.97. The molecule has 0 heterocycles. The molecule has 0 radical (unpaired) electrons. The van der Waals surface area contributed by atoms with E-state index in [0.717, 1.165) is 3.57 Å². The van der Waals surface area contributed by atoms with Gasteiger partial charge >= 0.3 is 5.97 Å². The number of hydrogen-bond donors (Lipinski definition) is 1. The van der Waals surface area contributed by atoms with Crippen molar-refractivity contribution in [2.75, 3.05) is 11.9 Å². The minimum Gasteiger partial charge on any atom is -0.462 e. The van der Waals surface area contributed by atoms with Gasteiger partial charge in [0.05, 0.1) is 17.7 Å². The Morgan fingerprint density at radius 2 is 1.86 bits per heavy atom. The van der Waals surface area contributed by atoms with E-state index in [4.69, 9.17) is 16.3 Å². The molecule has 0 spiro atoms. The maximum atomic E-state index is 12.2. The second kappa shape index (κ2) is 7.60. The van der Waals surface area contributed by atoms with Crippen LogP contribution in [0.5, 0.6) is 0 Å². The van der Waals surface area contributed by atoms with Crippen molar-refractivity contribution in [2.24, 2.45) is 0 Å². The van der Waals surface area contributed by atoms with Crippen molar-refractivity contribution in [2.45, 2.75) is 6.92 Å². The van der Waals surface area contributed by atoms with E-state index >= 15 is 0 Å². The minimum atomic E-state index is -0.382. The van der Waals surface area contributed by atoms with Gasteiger partial charge in [-0.15, -0.1) is 0 Å². The standard InChI is InChI=1S/C16H13ClINO3/c1-2-22-16(21)10-3-6-12(7-4-10)19-15(20)13-8-5-11(17)9-14(13)18/h3-9H,2H2,1H3,(H,19,20). The number of amides is 1. The number of nitrogens with one attached hydrogen (secondary N) is 1. The van der Waals surface area contributed by atoms with Crippen molar-refractivity contribution in [1.29, 1.82) is 0 Å². The van der Waals surface area contributed by atoms with Crippen LogP contribution in [0.4, 0.5) is 5.69 Å². The Morgan fingerprint density at radius 1 is 1.18 bits per heavy atom. The molecule has 0 aliphatic carbocycles. The topological polar surface area (TPSA) is 55.4 Å². The highest BCUT2D eigenvalue weighted by molar-refractivity contribution is 14.1. The molecule has 0 aliphatic heterocycles. The average molecular weight is 430 g/mol. The average Bonchev–Trinajstić information content (AvgIpc) is 2.48. The number of carbonyl (C=O) groups is 2. The number of hydrogen-bond acceptors (Lipinski definition) is 3. The van der Waals surface area contributed by atoms with E-state index < -0.39 is 0 Å². The Morgan fingerprint density at radius 3 is 2.45 bits per heavy atom. The third-order valence-corrected chi connectivity index (χ3v) is 3.96. The van der Waals surface area contributed by atoms with Crippen LogP contribution in [0, 0.1) is 3.57 Å². The number of halogens is 2. The van der Waals surface area contributed by atoms with Crippen molar-refractivity contribution < 1.29 is 14.3 Å². The Hall–Kier alpha value is -1.60. The summed E-state index contributed by atoms with van der Waals surface area (Å²) in [4.78, 5) is 23.8. The fourth-order valence-corrected chi connectivity index (χ4v) is 2.89. The molecule has 6 heteroatoms. The van der Waals surface area contributed by atoms with Crippen LogP contribution in [0.1, 0.15) is 27.6 Å². The Balaban J connectivity index is 2.10. The van der Waals surface area contributed by atoms with Gasteiger partial charge in [0.15, 0.2) is 0 Å². The van der Waals surface area contributed by atoms with Gasteiger partial charge in [-0.25, -0.2) is 4.79 Å². The molecule has 2 aromatic rings. The van der Waals surface area contributed by atoms with Crippen molar-refractivity contribution in [3.05, 3.63) is 62.2 Å². The molecule has 0 aliphatic rings. The summed E-state index contributed by atoms with van der Waals surface area (Å²) in [7, 11) is 0. The van der Waals surface area contributed by atoms with Crippen LogP contribution in [0.3, 0.4) is 0 Å². The molecule has 1 N–H and O–H groups in total. The summed E-state index contributed by atoms with van der Waals surface area (Å²) in [6.45, 7) is 2.08. The highest BCUT2D eigenvalue weighted by atomic mass is 127. The Labute approximate surface area is 146 Å². The minimum absolute atomic E-state index is 0.232. The maximum Gasteiger partial charge on any atom is 0.338 e. The van der Waals surface area contributed by atoms with Crippen LogP contribution in [0.25, 0.3) is 0 Å². The van der Waals surface area contributed by atoms with Crippen molar-refractivity contribution in [3.8, 4) is 0 Å². The molecule has 114 valence electrons. The summed E-state index contributed by atoms with van der Waals surface area (Å²) in [6, 6.07) is 11.6. The summed E-state index contributed by atoms with van der Waals surface area (Å²) >= 11 is 7.93. The van der Waals surface area contributed by atoms with Crippen molar-refractivity contribution >= 4 is 51.8 Å². The van der Waals surface area contributed by atoms with Gasteiger partial charge in [0.25, 0.3) is 5.91 Å². The van der Waals surface area contributed by atoms with E-state index in [-0.39, 0.29) is 11.9 Å². The molecule has 0 saturated heterocycles. The fraction of sp³-hybridized carbons (Fsp3) is 0.125. The first kappa shape index (κ1) is 16.8. The summed E-state index contributed by atoms with van der Waals surface area (Å²) in [6.07, 6.45) is 0. The number of esters is 1. The Bertz CT molecular complexity index is 701. The lowest BCUT2D eigenvalue weighted by Crippen LogP contribution is -2.13. The second-order valence-electron chi connectivity index (χ2n) is 4.38. The maximum absolute atomic E-state index is 12.2. The van der Waals surface area contributed by atoms with Crippen LogP contribution in [-0.4, -0.2) is 18.5 Å². The molecule has 0 bridgehead atoms. The van der Waals surface area contributed by atoms with Crippen molar-refractivity contribution in [1.82, 2.24) is 0 Å². The molecule has 0 unspecified atom stereocenters. The molecule has 22 heavy (non-hydrogen) atoms. The van der Waals surface area contributed by atoms with Crippen LogP contribution in [0.15, 0.2) is 42.5 Å². The van der Waals surface area contributed by atoms with E-state index in [2.05, 4.69) is 27.9 Å². The van der Waals surface area contributed by atoms with Crippen molar-refractivity contribution in [3.63, 3.8) is 0 Å². The highest BCUT2D eigenvalue weighted by Gasteiger charge is 2.11. The van der Waals surface area contributed by atoms with Gasteiger partial charge in [-0.2, -0.15) is 0 Å². The highest BCUT2D eigenvalue weighted by Crippen LogP contribution is 2.19. The lowest BCUT2D eigenvalue weighted by atomic mass is 10.2. The predicted octanol–water partition coefficient (Wildman–Crippen LogP) is 4.37. The third kappa shape index (κ3) is 4.20. The smallest absolute Gasteiger partial charge is 0.338 e. The van der Waals surface area contributed by atoms with E-state index in [1.165, 1.54) is 0 Å². The van der Waals surface area contributed by atoms with Gasteiger partial charge in [0.1, 0.15) is 0 Å². The molecule has 2 aromatic carbocycles. The molecule has 2 rings (SSSR count). The molecule has 0 saturated carbocycles.